The first-order valence-corrected chi connectivity index (χ1v) is 6.09. The number of aromatic nitrogens is 4. The Kier molecular flexibility index (Phi) is 2.73. The summed E-state index contributed by atoms with van der Waals surface area (Å²) < 4.78 is 21.0. The highest BCUT2D eigenvalue weighted by atomic mass is 19.2. The average molecular weight is 299 g/mol. The fourth-order valence-corrected chi connectivity index (χ4v) is 2.44. The van der Waals surface area contributed by atoms with Crippen LogP contribution in [0.5, 0.6) is 0 Å². The summed E-state index contributed by atoms with van der Waals surface area (Å²) in [4.78, 5) is 11.6. The van der Waals surface area contributed by atoms with E-state index in [1.807, 2.05) is 0 Å². The van der Waals surface area contributed by atoms with Crippen LogP contribution in [0.15, 0.2) is 12.7 Å². The molecule has 0 amide bonds. The van der Waals surface area contributed by atoms with E-state index < -0.39 is 30.4 Å². The highest BCUT2D eigenvalue weighted by Gasteiger charge is 2.70. The second-order valence-electron chi connectivity index (χ2n) is 5.17. The number of hydrogen-bond donors (Lipinski definition) is 4. The first kappa shape index (κ1) is 14.1. The van der Waals surface area contributed by atoms with Gasteiger partial charge in [-0.2, -0.15) is 0 Å². The number of aliphatic hydroxyl groups is 3. The fraction of sp³-hybridized carbons (Fsp3) is 0.545. The first-order valence-electron chi connectivity index (χ1n) is 6.09. The lowest BCUT2D eigenvalue weighted by molar-refractivity contribution is -0.286. The number of nitrogens with zero attached hydrogens (tertiary/aromatic N) is 4. The van der Waals surface area contributed by atoms with Gasteiger partial charge in [0.05, 0.1) is 19.5 Å². The number of ether oxygens (including phenoxy) is 1. The fourth-order valence-electron chi connectivity index (χ4n) is 2.44. The average Bonchev–Trinajstić information content (AvgIpc) is 2.92. The molecular formula is C11H14FN5O4. The summed E-state index contributed by atoms with van der Waals surface area (Å²) in [5.74, 6) is -3.22. The van der Waals surface area contributed by atoms with Crippen molar-refractivity contribution in [2.45, 2.75) is 24.1 Å². The van der Waals surface area contributed by atoms with Crippen molar-refractivity contribution >= 4 is 17.0 Å². The van der Waals surface area contributed by atoms with Crippen molar-refractivity contribution in [1.29, 1.82) is 0 Å². The maximum absolute atomic E-state index is 14.8. The molecule has 0 spiro atoms. The standard InChI is InChI=1S/C11H14FN5O4/c1-9(19)3-21-10(2-18,11(9,12)20)17-5-16-6-7(13)14-4-15-8(6)17/h4-5,18-20H,2-3H2,1H3,(H2,13,14,15)/t9-,10+,11+/m1/s1. The monoisotopic (exact) mass is 299 g/mol. The number of rotatable bonds is 2. The molecule has 3 heterocycles. The second kappa shape index (κ2) is 4.07. The Hall–Kier alpha value is -1.88. The van der Waals surface area contributed by atoms with Gasteiger partial charge in [-0.05, 0) is 6.92 Å². The number of fused-ring (bicyclic) bond motifs is 1. The number of anilines is 1. The Labute approximate surface area is 117 Å². The van der Waals surface area contributed by atoms with Crippen LogP contribution in [-0.4, -0.2) is 59.5 Å². The molecule has 3 rings (SSSR count). The van der Waals surface area contributed by atoms with E-state index in [0.717, 1.165) is 24.1 Å². The third kappa shape index (κ3) is 1.55. The molecule has 0 aliphatic carbocycles. The van der Waals surface area contributed by atoms with E-state index in [9.17, 15) is 19.7 Å². The molecule has 10 heteroatoms. The van der Waals surface area contributed by atoms with Crippen molar-refractivity contribution in [3.8, 4) is 0 Å². The molecule has 9 nitrogen and oxygen atoms in total. The largest absolute Gasteiger partial charge is 0.391 e. The van der Waals surface area contributed by atoms with Gasteiger partial charge in [0, 0.05) is 0 Å². The molecule has 114 valence electrons. The summed E-state index contributed by atoms with van der Waals surface area (Å²) in [5, 5.41) is 29.7. The van der Waals surface area contributed by atoms with E-state index in [1.54, 1.807) is 0 Å². The van der Waals surface area contributed by atoms with Crippen molar-refractivity contribution in [2.75, 3.05) is 18.9 Å². The van der Waals surface area contributed by atoms with Crippen LogP contribution in [-0.2, 0) is 10.5 Å². The van der Waals surface area contributed by atoms with Crippen molar-refractivity contribution in [2.24, 2.45) is 0 Å². The maximum Gasteiger partial charge on any atom is 0.288 e. The van der Waals surface area contributed by atoms with E-state index in [4.69, 9.17) is 10.5 Å². The molecule has 0 unspecified atom stereocenters. The van der Waals surface area contributed by atoms with Gasteiger partial charge >= 0.3 is 0 Å². The molecule has 1 aliphatic rings. The van der Waals surface area contributed by atoms with E-state index in [2.05, 4.69) is 15.0 Å². The predicted molar refractivity (Wildman–Crippen MR) is 67.4 cm³/mol. The Morgan fingerprint density at radius 3 is 2.71 bits per heavy atom. The van der Waals surface area contributed by atoms with Gasteiger partial charge in [-0.25, -0.2) is 19.3 Å². The third-order valence-electron chi connectivity index (χ3n) is 3.79. The summed E-state index contributed by atoms with van der Waals surface area (Å²) in [6.45, 7) is -0.417. The lowest BCUT2D eigenvalue weighted by atomic mass is 9.92. The zero-order valence-electron chi connectivity index (χ0n) is 11.1. The minimum atomic E-state index is -3.28. The highest BCUT2D eigenvalue weighted by molar-refractivity contribution is 5.81. The number of alkyl halides is 1. The van der Waals surface area contributed by atoms with E-state index >= 15 is 0 Å². The second-order valence-corrected chi connectivity index (χ2v) is 5.17. The molecule has 0 aromatic carbocycles. The molecule has 21 heavy (non-hydrogen) atoms. The van der Waals surface area contributed by atoms with Gasteiger partial charge in [-0.3, -0.25) is 4.57 Å². The van der Waals surface area contributed by atoms with Crippen LogP contribution in [0.1, 0.15) is 6.92 Å². The van der Waals surface area contributed by atoms with E-state index in [-0.39, 0.29) is 17.0 Å². The summed E-state index contributed by atoms with van der Waals surface area (Å²) in [6.07, 6.45) is 2.24. The smallest absolute Gasteiger partial charge is 0.288 e. The van der Waals surface area contributed by atoms with Gasteiger partial charge in [-0.15, -0.1) is 0 Å². The van der Waals surface area contributed by atoms with Crippen molar-refractivity contribution in [1.82, 2.24) is 19.5 Å². The van der Waals surface area contributed by atoms with E-state index in [0.29, 0.717) is 0 Å². The SMILES string of the molecule is C[C@@]1(O)CO[C@](CO)(n2cnc3c(N)ncnc32)[C@]1(O)F. The molecule has 1 saturated heterocycles. The third-order valence-corrected chi connectivity index (χ3v) is 3.79. The number of imidazole rings is 1. The Bertz CT molecular complexity index is 703. The van der Waals surface area contributed by atoms with Gasteiger partial charge in [0.1, 0.15) is 17.4 Å². The molecule has 0 saturated carbocycles. The van der Waals surface area contributed by atoms with Crippen LogP contribution >= 0.6 is 0 Å². The molecule has 0 bridgehead atoms. The zero-order valence-corrected chi connectivity index (χ0v) is 11.1. The summed E-state index contributed by atoms with van der Waals surface area (Å²) in [7, 11) is 0. The number of nitrogen functional groups attached to an aromatic ring is 1. The summed E-state index contributed by atoms with van der Waals surface area (Å²) in [5.41, 5.74) is 1.36. The van der Waals surface area contributed by atoms with Crippen LogP contribution in [0, 0.1) is 0 Å². The lowest BCUT2D eigenvalue weighted by Crippen LogP contribution is -2.60. The van der Waals surface area contributed by atoms with Gasteiger partial charge in [-0.1, -0.05) is 0 Å². The maximum atomic E-state index is 14.8. The predicted octanol–water partition coefficient (Wildman–Crippen LogP) is -1.51. The zero-order chi connectivity index (χ0) is 15.5. The minimum Gasteiger partial charge on any atom is -0.391 e. The Morgan fingerprint density at radius 1 is 1.43 bits per heavy atom. The van der Waals surface area contributed by atoms with Gasteiger partial charge in [0.2, 0.25) is 5.72 Å². The van der Waals surface area contributed by atoms with E-state index in [1.165, 1.54) is 0 Å². The lowest BCUT2D eigenvalue weighted by Gasteiger charge is -2.38. The van der Waals surface area contributed by atoms with Crippen LogP contribution < -0.4 is 5.73 Å². The first-order chi connectivity index (χ1) is 9.77. The van der Waals surface area contributed by atoms with Crippen LogP contribution in [0.25, 0.3) is 11.2 Å². The topological polar surface area (TPSA) is 140 Å². The molecular weight excluding hydrogens is 285 g/mol. The highest BCUT2D eigenvalue weighted by Crippen LogP contribution is 2.47. The molecule has 2 aromatic heterocycles. The van der Waals surface area contributed by atoms with Crippen LogP contribution in [0.3, 0.4) is 0 Å². The van der Waals surface area contributed by atoms with Crippen molar-refractivity contribution < 1.29 is 24.4 Å². The Morgan fingerprint density at radius 2 is 2.14 bits per heavy atom. The molecule has 1 aliphatic heterocycles. The normalized spacial score (nSPS) is 36.4. The van der Waals surface area contributed by atoms with Gasteiger partial charge in [0.25, 0.3) is 5.85 Å². The molecule has 0 radical (unpaired) electrons. The number of halogens is 1. The summed E-state index contributed by atoms with van der Waals surface area (Å²) >= 11 is 0. The molecule has 3 atom stereocenters. The van der Waals surface area contributed by atoms with Gasteiger partial charge in [0.15, 0.2) is 11.5 Å². The molecule has 1 fully saturated rings. The minimum absolute atomic E-state index is 0.0546. The molecule has 5 N–H and O–H groups in total. The van der Waals surface area contributed by atoms with Crippen LogP contribution in [0.4, 0.5) is 10.2 Å². The molecule has 2 aromatic rings. The number of nitrogens with two attached hydrogens (primary N) is 1. The quantitative estimate of drug-likeness (QED) is 0.525. The Balaban J connectivity index is 2.27. The van der Waals surface area contributed by atoms with Crippen molar-refractivity contribution in [3.05, 3.63) is 12.7 Å². The number of aliphatic hydroxyl groups excluding tert-OH is 1. The summed E-state index contributed by atoms with van der Waals surface area (Å²) in [6, 6.07) is 0. The van der Waals surface area contributed by atoms with Gasteiger partial charge < -0.3 is 25.8 Å². The number of hydrogen-bond acceptors (Lipinski definition) is 8. The van der Waals surface area contributed by atoms with Crippen LogP contribution in [0.2, 0.25) is 0 Å². The van der Waals surface area contributed by atoms with Crippen molar-refractivity contribution in [3.63, 3.8) is 0 Å².